The van der Waals surface area contributed by atoms with E-state index in [0.717, 1.165) is 32.7 Å². The maximum absolute atomic E-state index is 9.74. The van der Waals surface area contributed by atoms with Gasteiger partial charge in [-0.1, -0.05) is 60.7 Å². The van der Waals surface area contributed by atoms with Crippen molar-refractivity contribution in [1.29, 1.82) is 10.7 Å². The molecule has 0 unspecified atom stereocenters. The van der Waals surface area contributed by atoms with Crippen molar-refractivity contribution in [1.82, 2.24) is 0 Å². The van der Waals surface area contributed by atoms with Crippen LogP contribution in [0.2, 0.25) is 0 Å². The van der Waals surface area contributed by atoms with Crippen LogP contribution in [-0.2, 0) is 0 Å². The lowest BCUT2D eigenvalue weighted by atomic mass is 9.93. The highest BCUT2D eigenvalue weighted by Crippen LogP contribution is 2.37. The van der Waals surface area contributed by atoms with E-state index >= 15 is 0 Å². The van der Waals surface area contributed by atoms with Gasteiger partial charge in [0.2, 0.25) is 5.55 Å². The van der Waals surface area contributed by atoms with Crippen molar-refractivity contribution < 1.29 is 4.42 Å². The van der Waals surface area contributed by atoms with Crippen molar-refractivity contribution in [3.8, 4) is 17.2 Å². The van der Waals surface area contributed by atoms with Crippen LogP contribution in [0.25, 0.3) is 43.6 Å². The average molecular weight is 361 g/mol. The first kappa shape index (κ1) is 16.1. The van der Waals surface area contributed by atoms with Gasteiger partial charge in [-0.05, 0) is 23.1 Å². The molecule has 0 atom stereocenters. The average Bonchev–Trinajstić information content (AvgIpc) is 2.74. The summed E-state index contributed by atoms with van der Waals surface area (Å²) in [4.78, 5) is 0. The molecule has 0 bridgehead atoms. The number of hydrogen-bond acceptors (Lipinski definition) is 4. The van der Waals surface area contributed by atoms with Gasteiger partial charge < -0.3 is 10.2 Å². The fraction of sp³-hybridized carbons (Fsp3) is 0. The van der Waals surface area contributed by atoms with Crippen LogP contribution < -0.4 is 11.3 Å². The topological polar surface area (TPSA) is 86.8 Å². The number of rotatable bonds is 1. The number of nitrogen functional groups attached to an aromatic ring is 1. The van der Waals surface area contributed by atoms with Crippen molar-refractivity contribution >= 4 is 38.2 Å². The summed E-state index contributed by atoms with van der Waals surface area (Å²) in [6, 6.07) is 25.8. The Kier molecular flexibility index (Phi) is 3.43. The van der Waals surface area contributed by atoms with E-state index in [1.807, 2.05) is 72.8 Å². The summed E-state index contributed by atoms with van der Waals surface area (Å²) in [6.07, 6.45) is 0. The van der Waals surface area contributed by atoms with E-state index in [4.69, 9.17) is 15.6 Å². The van der Waals surface area contributed by atoms with Crippen molar-refractivity contribution in [2.45, 2.75) is 0 Å². The Labute approximate surface area is 160 Å². The Morgan fingerprint density at radius 2 is 1.61 bits per heavy atom. The Bertz CT molecular complexity index is 1490. The molecule has 0 saturated heterocycles. The SMILES string of the molecule is N#Cc1c(-c2ccccc2)cc2c(c1N)c(=N)oc1c3ccccc3ccc21. The quantitative estimate of drug-likeness (QED) is 0.312. The lowest BCUT2D eigenvalue weighted by Crippen LogP contribution is -2.07. The molecule has 3 N–H and O–H groups in total. The predicted octanol–water partition coefficient (Wildman–Crippen LogP) is 5.34. The van der Waals surface area contributed by atoms with Gasteiger partial charge in [-0.2, -0.15) is 5.26 Å². The molecule has 0 radical (unpaired) electrons. The summed E-state index contributed by atoms with van der Waals surface area (Å²) in [5, 5.41) is 22.3. The number of nitrogens with two attached hydrogens (primary N) is 1. The van der Waals surface area contributed by atoms with Gasteiger partial charge in [-0.3, -0.25) is 5.41 Å². The first-order valence-corrected chi connectivity index (χ1v) is 8.90. The summed E-state index contributed by atoms with van der Waals surface area (Å²) < 4.78 is 5.89. The standard InChI is InChI=1S/C24H15N3O/c25-13-20-18(14-6-2-1-3-7-14)12-19-17-11-10-15-8-4-5-9-16(15)23(17)28-24(27)21(19)22(20)26/h1-12,27H,26H2. The molecule has 0 aliphatic carbocycles. The van der Waals surface area contributed by atoms with Crippen molar-refractivity contribution in [3.63, 3.8) is 0 Å². The van der Waals surface area contributed by atoms with Gasteiger partial charge in [0.25, 0.3) is 0 Å². The summed E-state index contributed by atoms with van der Waals surface area (Å²) in [7, 11) is 0. The second kappa shape index (κ2) is 5.97. The maximum Gasteiger partial charge on any atom is 0.222 e. The zero-order valence-corrected chi connectivity index (χ0v) is 14.9. The van der Waals surface area contributed by atoms with Crippen LogP contribution in [0.3, 0.4) is 0 Å². The molecule has 4 heteroatoms. The summed E-state index contributed by atoms with van der Waals surface area (Å²) in [5.41, 5.74) is 9.30. The molecule has 0 saturated carbocycles. The third-order valence-corrected chi connectivity index (χ3v) is 5.16. The molecule has 5 rings (SSSR count). The van der Waals surface area contributed by atoms with Gasteiger partial charge in [0.1, 0.15) is 11.7 Å². The Hall–Kier alpha value is -4.10. The maximum atomic E-state index is 9.74. The Morgan fingerprint density at radius 3 is 2.39 bits per heavy atom. The minimum atomic E-state index is -0.0348. The second-order valence-electron chi connectivity index (χ2n) is 6.71. The molecule has 0 fully saturated rings. The van der Waals surface area contributed by atoms with Gasteiger partial charge in [-0.25, -0.2) is 0 Å². The van der Waals surface area contributed by atoms with Crippen LogP contribution in [0.4, 0.5) is 5.69 Å². The molecular weight excluding hydrogens is 346 g/mol. The predicted molar refractivity (Wildman–Crippen MR) is 112 cm³/mol. The number of nitriles is 1. The number of nitrogens with zero attached hydrogens (tertiary/aromatic N) is 1. The van der Waals surface area contributed by atoms with E-state index in [9.17, 15) is 5.26 Å². The molecule has 0 aliphatic rings. The van der Waals surface area contributed by atoms with Crippen LogP contribution in [0, 0.1) is 16.7 Å². The van der Waals surface area contributed by atoms with E-state index < -0.39 is 0 Å². The molecule has 0 aliphatic heterocycles. The fourth-order valence-corrected chi connectivity index (χ4v) is 3.84. The lowest BCUT2D eigenvalue weighted by Gasteiger charge is -2.13. The summed E-state index contributed by atoms with van der Waals surface area (Å²) >= 11 is 0. The highest BCUT2D eigenvalue weighted by molar-refractivity contribution is 6.17. The molecule has 4 aromatic carbocycles. The fourth-order valence-electron chi connectivity index (χ4n) is 3.84. The highest BCUT2D eigenvalue weighted by atomic mass is 16.3. The second-order valence-corrected chi connectivity index (χ2v) is 6.71. The third-order valence-electron chi connectivity index (χ3n) is 5.16. The van der Waals surface area contributed by atoms with Crippen LogP contribution >= 0.6 is 0 Å². The normalized spacial score (nSPS) is 11.1. The summed E-state index contributed by atoms with van der Waals surface area (Å²) in [5.74, 6) is 0. The van der Waals surface area contributed by atoms with E-state index in [2.05, 4.69) is 6.07 Å². The number of benzene rings is 4. The third kappa shape index (κ3) is 2.20. The molecule has 1 aromatic heterocycles. The molecule has 5 aromatic rings. The van der Waals surface area contributed by atoms with Gasteiger partial charge >= 0.3 is 0 Å². The summed E-state index contributed by atoms with van der Waals surface area (Å²) in [6.45, 7) is 0. The molecule has 132 valence electrons. The molecular formula is C24H15N3O. The van der Waals surface area contributed by atoms with E-state index in [1.165, 1.54) is 0 Å². The van der Waals surface area contributed by atoms with Crippen LogP contribution in [0.15, 0.2) is 77.2 Å². The van der Waals surface area contributed by atoms with E-state index in [1.54, 1.807) is 0 Å². The zero-order valence-electron chi connectivity index (χ0n) is 14.9. The molecule has 28 heavy (non-hydrogen) atoms. The van der Waals surface area contributed by atoms with E-state index in [0.29, 0.717) is 16.5 Å². The van der Waals surface area contributed by atoms with Gasteiger partial charge in [0, 0.05) is 21.7 Å². The van der Waals surface area contributed by atoms with Gasteiger partial charge in [0.15, 0.2) is 0 Å². The largest absolute Gasteiger partial charge is 0.438 e. The number of hydrogen-bond donors (Lipinski definition) is 2. The van der Waals surface area contributed by atoms with Crippen LogP contribution in [0.5, 0.6) is 0 Å². The minimum Gasteiger partial charge on any atom is -0.438 e. The zero-order chi connectivity index (χ0) is 19.3. The van der Waals surface area contributed by atoms with Crippen molar-refractivity contribution in [2.24, 2.45) is 0 Å². The Balaban J connectivity index is 2.02. The first-order valence-electron chi connectivity index (χ1n) is 8.90. The minimum absolute atomic E-state index is 0.0348. The van der Waals surface area contributed by atoms with Gasteiger partial charge in [-0.15, -0.1) is 0 Å². The number of nitrogens with one attached hydrogen (secondary N) is 1. The van der Waals surface area contributed by atoms with Crippen LogP contribution in [0.1, 0.15) is 5.56 Å². The molecule has 4 nitrogen and oxygen atoms in total. The van der Waals surface area contributed by atoms with Crippen molar-refractivity contribution in [2.75, 3.05) is 5.73 Å². The highest BCUT2D eigenvalue weighted by Gasteiger charge is 2.17. The molecule has 0 amide bonds. The molecule has 1 heterocycles. The van der Waals surface area contributed by atoms with Gasteiger partial charge in [0.05, 0.1) is 16.6 Å². The monoisotopic (exact) mass is 361 g/mol. The lowest BCUT2D eigenvalue weighted by molar-refractivity contribution is 0.546. The van der Waals surface area contributed by atoms with Crippen LogP contribution in [-0.4, -0.2) is 0 Å². The molecule has 0 spiro atoms. The number of anilines is 1. The smallest absolute Gasteiger partial charge is 0.222 e. The first-order chi connectivity index (χ1) is 13.7. The number of fused-ring (bicyclic) bond motifs is 5. The van der Waals surface area contributed by atoms with Crippen molar-refractivity contribution in [3.05, 3.63) is 83.9 Å². The Morgan fingerprint density at radius 1 is 0.857 bits per heavy atom. The van der Waals surface area contributed by atoms with E-state index in [-0.39, 0.29) is 11.2 Å².